The molecule has 0 saturated carbocycles. The lowest BCUT2D eigenvalue weighted by Crippen LogP contribution is -2.39. The highest BCUT2D eigenvalue weighted by molar-refractivity contribution is 8.00. The van der Waals surface area contributed by atoms with Gasteiger partial charge in [0.25, 0.3) is 5.91 Å². The molecule has 100 valence electrons. The van der Waals surface area contributed by atoms with Crippen molar-refractivity contribution < 1.29 is 4.79 Å². The van der Waals surface area contributed by atoms with Crippen molar-refractivity contribution in [3.63, 3.8) is 0 Å². The van der Waals surface area contributed by atoms with Crippen LogP contribution in [-0.4, -0.2) is 28.4 Å². The molecule has 0 atom stereocenters. The van der Waals surface area contributed by atoms with E-state index in [1.54, 1.807) is 11.8 Å². The van der Waals surface area contributed by atoms with Gasteiger partial charge in [-0.1, -0.05) is 13.8 Å². The van der Waals surface area contributed by atoms with E-state index in [4.69, 9.17) is 0 Å². The average molecular weight is 268 g/mol. The van der Waals surface area contributed by atoms with E-state index in [0.29, 0.717) is 12.1 Å². The first-order valence-corrected chi connectivity index (χ1v) is 7.31. The number of rotatable bonds is 6. The van der Waals surface area contributed by atoms with Crippen LogP contribution in [0.1, 0.15) is 37.0 Å². The van der Waals surface area contributed by atoms with Crippen molar-refractivity contribution in [3.8, 4) is 0 Å². The number of hydrogen-bond donors (Lipinski definition) is 2. The molecule has 0 saturated heterocycles. The van der Waals surface area contributed by atoms with E-state index in [2.05, 4.69) is 30.4 Å². The zero-order valence-corrected chi connectivity index (χ0v) is 11.9. The highest BCUT2D eigenvalue weighted by atomic mass is 32.2. The van der Waals surface area contributed by atoms with Crippen molar-refractivity contribution in [2.75, 3.05) is 12.8 Å². The Labute approximate surface area is 112 Å². The minimum absolute atomic E-state index is 0.0951. The van der Waals surface area contributed by atoms with Crippen LogP contribution in [0, 0.1) is 0 Å². The first kappa shape index (κ1) is 14.8. The summed E-state index contributed by atoms with van der Waals surface area (Å²) in [5, 5.41) is 2.93. The van der Waals surface area contributed by atoms with E-state index in [1.807, 2.05) is 0 Å². The lowest BCUT2D eigenvalue weighted by molar-refractivity contribution is 0.0948. The summed E-state index contributed by atoms with van der Waals surface area (Å²) < 4.78 is 0.0951. The molecule has 2 N–H and O–H groups in total. The van der Waals surface area contributed by atoms with Gasteiger partial charge in [0.05, 0.1) is 5.56 Å². The monoisotopic (exact) mass is 268 g/mol. The van der Waals surface area contributed by atoms with Crippen LogP contribution in [0.5, 0.6) is 0 Å². The zero-order chi connectivity index (χ0) is 13.6. The van der Waals surface area contributed by atoms with Gasteiger partial charge < -0.3 is 10.3 Å². The number of hydrogen-bond acceptors (Lipinski definition) is 3. The lowest BCUT2D eigenvalue weighted by atomic mass is 10.0. The maximum atomic E-state index is 11.9. The van der Waals surface area contributed by atoms with Gasteiger partial charge in [0, 0.05) is 23.6 Å². The Bertz CT molecular complexity index is 424. The third-order valence-electron chi connectivity index (χ3n) is 3.34. The standard InChI is InChI=1S/C13H20N2O2S/c1-4-13(5-2,18-3)9-15-12(17)10-6-7-11(16)14-8-10/h6-8H,4-5,9H2,1-3H3,(H,14,16)(H,15,17). The molecule has 0 spiro atoms. The van der Waals surface area contributed by atoms with Gasteiger partial charge >= 0.3 is 0 Å². The van der Waals surface area contributed by atoms with E-state index in [-0.39, 0.29) is 16.2 Å². The number of aromatic amines is 1. The van der Waals surface area contributed by atoms with Gasteiger partial charge in [0.1, 0.15) is 0 Å². The summed E-state index contributed by atoms with van der Waals surface area (Å²) in [4.78, 5) is 25.3. The van der Waals surface area contributed by atoms with Gasteiger partial charge in [0.2, 0.25) is 5.56 Å². The molecule has 1 heterocycles. The molecule has 0 aliphatic heterocycles. The van der Waals surface area contributed by atoms with E-state index in [1.165, 1.54) is 18.3 Å². The van der Waals surface area contributed by atoms with Gasteiger partial charge in [-0.3, -0.25) is 9.59 Å². The maximum absolute atomic E-state index is 11.9. The number of carbonyl (C=O) groups excluding carboxylic acids is 1. The van der Waals surface area contributed by atoms with Crippen molar-refractivity contribution in [1.29, 1.82) is 0 Å². The molecule has 1 aromatic rings. The molecule has 0 bridgehead atoms. The molecule has 0 aromatic carbocycles. The van der Waals surface area contributed by atoms with Gasteiger partial charge in [-0.25, -0.2) is 0 Å². The van der Waals surface area contributed by atoms with Crippen molar-refractivity contribution in [2.24, 2.45) is 0 Å². The number of H-pyrrole nitrogens is 1. The van der Waals surface area contributed by atoms with Crippen molar-refractivity contribution in [3.05, 3.63) is 34.2 Å². The molecular weight excluding hydrogens is 248 g/mol. The minimum atomic E-state index is -0.202. The Hall–Kier alpha value is -1.23. The number of nitrogens with one attached hydrogen (secondary N) is 2. The predicted molar refractivity (Wildman–Crippen MR) is 76.2 cm³/mol. The molecular formula is C13H20N2O2S. The molecule has 1 rings (SSSR count). The fraction of sp³-hybridized carbons (Fsp3) is 0.538. The van der Waals surface area contributed by atoms with E-state index >= 15 is 0 Å². The Balaban J connectivity index is 2.65. The number of pyridine rings is 1. The molecule has 0 aliphatic carbocycles. The summed E-state index contributed by atoms with van der Waals surface area (Å²) >= 11 is 1.78. The molecule has 0 aliphatic rings. The second-order valence-electron chi connectivity index (χ2n) is 4.22. The van der Waals surface area contributed by atoms with Crippen molar-refractivity contribution >= 4 is 17.7 Å². The largest absolute Gasteiger partial charge is 0.351 e. The molecule has 0 fully saturated rings. The lowest BCUT2D eigenvalue weighted by Gasteiger charge is -2.29. The third-order valence-corrected chi connectivity index (χ3v) is 4.93. The highest BCUT2D eigenvalue weighted by Gasteiger charge is 2.25. The summed E-state index contributed by atoms with van der Waals surface area (Å²) in [7, 11) is 0. The summed E-state index contributed by atoms with van der Waals surface area (Å²) in [5.41, 5.74) is 0.281. The number of amides is 1. The van der Waals surface area contributed by atoms with Crippen LogP contribution >= 0.6 is 11.8 Å². The predicted octanol–water partition coefficient (Wildman–Crippen LogP) is 2.03. The smallest absolute Gasteiger partial charge is 0.252 e. The quantitative estimate of drug-likeness (QED) is 0.830. The number of aromatic nitrogens is 1. The average Bonchev–Trinajstić information content (AvgIpc) is 2.41. The Morgan fingerprint density at radius 3 is 2.50 bits per heavy atom. The first-order valence-electron chi connectivity index (χ1n) is 6.09. The molecule has 0 unspecified atom stereocenters. The Morgan fingerprint density at radius 2 is 2.06 bits per heavy atom. The van der Waals surface area contributed by atoms with Gasteiger partial charge in [-0.05, 0) is 25.2 Å². The molecule has 5 heteroatoms. The summed E-state index contributed by atoms with van der Waals surface area (Å²) in [6.45, 7) is 4.90. The number of thioether (sulfide) groups is 1. The number of carbonyl (C=O) groups is 1. The fourth-order valence-corrected chi connectivity index (χ4v) is 2.55. The van der Waals surface area contributed by atoms with Crippen LogP contribution in [0.4, 0.5) is 0 Å². The van der Waals surface area contributed by atoms with E-state index in [9.17, 15) is 9.59 Å². The first-order chi connectivity index (χ1) is 8.56. The Morgan fingerprint density at radius 1 is 1.39 bits per heavy atom. The molecule has 1 aromatic heterocycles. The Kier molecular flexibility index (Phi) is 5.47. The van der Waals surface area contributed by atoms with Crippen LogP contribution in [0.15, 0.2) is 23.1 Å². The normalized spacial score (nSPS) is 11.3. The van der Waals surface area contributed by atoms with Gasteiger partial charge in [0.15, 0.2) is 0 Å². The van der Waals surface area contributed by atoms with Crippen LogP contribution < -0.4 is 10.9 Å². The highest BCUT2D eigenvalue weighted by Crippen LogP contribution is 2.29. The van der Waals surface area contributed by atoms with Crippen LogP contribution in [-0.2, 0) is 0 Å². The fourth-order valence-electron chi connectivity index (χ4n) is 1.76. The minimum Gasteiger partial charge on any atom is -0.351 e. The van der Waals surface area contributed by atoms with Crippen molar-refractivity contribution in [1.82, 2.24) is 10.3 Å². The van der Waals surface area contributed by atoms with Crippen molar-refractivity contribution in [2.45, 2.75) is 31.4 Å². The second-order valence-corrected chi connectivity index (χ2v) is 5.49. The van der Waals surface area contributed by atoms with Crippen LogP contribution in [0.2, 0.25) is 0 Å². The summed E-state index contributed by atoms with van der Waals surface area (Å²) in [5.74, 6) is -0.147. The molecule has 18 heavy (non-hydrogen) atoms. The van der Waals surface area contributed by atoms with E-state index in [0.717, 1.165) is 12.8 Å². The van der Waals surface area contributed by atoms with E-state index < -0.39 is 0 Å². The molecule has 1 amide bonds. The third kappa shape index (κ3) is 3.63. The summed E-state index contributed by atoms with van der Waals surface area (Å²) in [6, 6.07) is 2.89. The van der Waals surface area contributed by atoms with Gasteiger partial charge in [-0.15, -0.1) is 0 Å². The molecule has 4 nitrogen and oxygen atoms in total. The topological polar surface area (TPSA) is 62.0 Å². The maximum Gasteiger partial charge on any atom is 0.252 e. The van der Waals surface area contributed by atoms with Crippen LogP contribution in [0.3, 0.4) is 0 Å². The summed E-state index contributed by atoms with van der Waals surface area (Å²) in [6.07, 6.45) is 5.53. The van der Waals surface area contributed by atoms with Crippen LogP contribution in [0.25, 0.3) is 0 Å². The zero-order valence-electron chi connectivity index (χ0n) is 11.1. The van der Waals surface area contributed by atoms with Gasteiger partial charge in [-0.2, -0.15) is 11.8 Å². The SMILES string of the molecule is CCC(CC)(CNC(=O)c1ccc(=O)[nH]c1)SC. The second kappa shape index (κ2) is 6.64. The molecule has 0 radical (unpaired) electrons.